The van der Waals surface area contributed by atoms with E-state index in [1.165, 1.54) is 0 Å². The van der Waals surface area contributed by atoms with Gasteiger partial charge < -0.3 is 4.42 Å². The van der Waals surface area contributed by atoms with Crippen LogP contribution in [0, 0.1) is 0 Å². The molecule has 2 nitrogen and oxygen atoms in total. The van der Waals surface area contributed by atoms with E-state index in [1.54, 1.807) is 13.2 Å². The number of carbonyl (C=O) groups is 1. The SMILES string of the molecule is C/C(C=O)=C(/C=C(c1ccccc1)c1ccccc1)c1ccco1. The molecule has 0 aliphatic carbocycles. The molecule has 0 saturated heterocycles. The molecule has 1 heterocycles. The van der Waals surface area contributed by atoms with Crippen molar-refractivity contribution in [1.82, 2.24) is 0 Å². The number of rotatable bonds is 5. The number of hydrogen-bond donors (Lipinski definition) is 0. The van der Waals surface area contributed by atoms with Crippen LogP contribution < -0.4 is 0 Å². The van der Waals surface area contributed by atoms with E-state index >= 15 is 0 Å². The van der Waals surface area contributed by atoms with Crippen LogP contribution in [0.3, 0.4) is 0 Å². The highest BCUT2D eigenvalue weighted by atomic mass is 16.3. The zero-order chi connectivity index (χ0) is 16.8. The fourth-order valence-electron chi connectivity index (χ4n) is 2.59. The van der Waals surface area contributed by atoms with Gasteiger partial charge in [-0.25, -0.2) is 0 Å². The molecule has 3 rings (SSSR count). The minimum Gasteiger partial charge on any atom is -0.464 e. The molecule has 0 saturated carbocycles. The molecule has 3 aromatic rings. The first-order valence-corrected chi connectivity index (χ1v) is 7.82. The summed E-state index contributed by atoms with van der Waals surface area (Å²) in [4.78, 5) is 11.4. The van der Waals surface area contributed by atoms with Gasteiger partial charge in [-0.3, -0.25) is 4.79 Å². The first-order chi connectivity index (χ1) is 11.8. The van der Waals surface area contributed by atoms with Crippen molar-refractivity contribution >= 4 is 17.4 Å². The van der Waals surface area contributed by atoms with E-state index in [0.29, 0.717) is 11.3 Å². The molecule has 1 aromatic heterocycles. The van der Waals surface area contributed by atoms with Crippen molar-refractivity contribution in [3.8, 4) is 0 Å². The monoisotopic (exact) mass is 314 g/mol. The summed E-state index contributed by atoms with van der Waals surface area (Å²) in [7, 11) is 0. The third-order valence-electron chi connectivity index (χ3n) is 3.85. The summed E-state index contributed by atoms with van der Waals surface area (Å²) in [5, 5.41) is 0. The van der Waals surface area contributed by atoms with E-state index in [0.717, 1.165) is 28.6 Å². The maximum atomic E-state index is 11.4. The molecule has 0 bridgehead atoms. The average Bonchev–Trinajstić information content (AvgIpc) is 3.18. The smallest absolute Gasteiger partial charge is 0.146 e. The average molecular weight is 314 g/mol. The minimum atomic E-state index is 0.634. The molecule has 0 fully saturated rings. The molecular formula is C22H18O2. The molecule has 118 valence electrons. The molecule has 0 radical (unpaired) electrons. The molecule has 0 atom stereocenters. The maximum absolute atomic E-state index is 11.4. The van der Waals surface area contributed by atoms with Gasteiger partial charge in [0.1, 0.15) is 12.0 Å². The molecule has 2 heteroatoms. The highest BCUT2D eigenvalue weighted by Crippen LogP contribution is 2.29. The van der Waals surface area contributed by atoms with Crippen LogP contribution in [0.4, 0.5) is 0 Å². The number of hydrogen-bond acceptors (Lipinski definition) is 2. The molecule has 0 unspecified atom stereocenters. The van der Waals surface area contributed by atoms with Gasteiger partial charge in [0.15, 0.2) is 0 Å². The molecule has 2 aromatic carbocycles. The Morgan fingerprint density at radius 1 is 0.833 bits per heavy atom. The van der Waals surface area contributed by atoms with Crippen LogP contribution in [0.5, 0.6) is 0 Å². The molecular weight excluding hydrogens is 296 g/mol. The van der Waals surface area contributed by atoms with Gasteiger partial charge in [0, 0.05) is 5.57 Å². The Hall–Kier alpha value is -3.13. The number of furan rings is 1. The molecule has 0 amide bonds. The Bertz CT molecular complexity index is 813. The van der Waals surface area contributed by atoms with Gasteiger partial charge >= 0.3 is 0 Å². The highest BCUT2D eigenvalue weighted by Gasteiger charge is 2.11. The van der Waals surface area contributed by atoms with Crippen molar-refractivity contribution in [3.63, 3.8) is 0 Å². The summed E-state index contributed by atoms with van der Waals surface area (Å²) >= 11 is 0. The number of benzene rings is 2. The lowest BCUT2D eigenvalue weighted by molar-refractivity contribution is -0.104. The summed E-state index contributed by atoms with van der Waals surface area (Å²) in [6.45, 7) is 1.80. The van der Waals surface area contributed by atoms with Crippen molar-refractivity contribution in [1.29, 1.82) is 0 Å². The Morgan fingerprint density at radius 3 is 1.88 bits per heavy atom. The quantitative estimate of drug-likeness (QED) is 0.359. The van der Waals surface area contributed by atoms with E-state index < -0.39 is 0 Å². The summed E-state index contributed by atoms with van der Waals surface area (Å²) < 4.78 is 5.53. The van der Waals surface area contributed by atoms with E-state index in [4.69, 9.17) is 4.42 Å². The van der Waals surface area contributed by atoms with Crippen molar-refractivity contribution in [3.05, 3.63) is 108 Å². The number of carbonyl (C=O) groups excluding carboxylic acids is 1. The Balaban J connectivity index is 2.21. The standard InChI is InChI=1S/C22H18O2/c1-17(16-23)20(22-13-8-14-24-22)15-21(18-9-4-2-5-10-18)19-11-6-3-7-12-19/h2-16H,1H3/b20-17+. The topological polar surface area (TPSA) is 30.2 Å². The van der Waals surface area contributed by atoms with E-state index in [1.807, 2.05) is 54.6 Å². The molecule has 0 aliphatic rings. The molecule has 0 aliphatic heterocycles. The van der Waals surface area contributed by atoms with Crippen LogP contribution in [0.25, 0.3) is 11.1 Å². The lowest BCUT2D eigenvalue weighted by Crippen LogP contribution is -1.92. The predicted molar refractivity (Wildman–Crippen MR) is 97.3 cm³/mol. The third kappa shape index (κ3) is 3.44. The fourth-order valence-corrected chi connectivity index (χ4v) is 2.59. The minimum absolute atomic E-state index is 0.634. The zero-order valence-electron chi connectivity index (χ0n) is 13.5. The second kappa shape index (κ2) is 7.42. The van der Waals surface area contributed by atoms with Crippen LogP contribution in [0.2, 0.25) is 0 Å². The first-order valence-electron chi connectivity index (χ1n) is 7.82. The van der Waals surface area contributed by atoms with E-state index in [9.17, 15) is 4.79 Å². The summed E-state index contributed by atoms with van der Waals surface area (Å²) in [5.74, 6) is 0.684. The van der Waals surface area contributed by atoms with E-state index in [2.05, 4.69) is 24.3 Å². The maximum Gasteiger partial charge on any atom is 0.146 e. The molecule has 24 heavy (non-hydrogen) atoms. The van der Waals surface area contributed by atoms with Crippen LogP contribution in [0.15, 0.2) is 95.1 Å². The van der Waals surface area contributed by atoms with Gasteiger partial charge in [-0.05, 0) is 47.4 Å². The predicted octanol–water partition coefficient (Wildman–Crippen LogP) is 5.38. The van der Waals surface area contributed by atoms with Gasteiger partial charge in [-0.1, -0.05) is 60.7 Å². The highest BCUT2D eigenvalue weighted by molar-refractivity contribution is 5.96. The summed E-state index contributed by atoms with van der Waals surface area (Å²) in [5.41, 5.74) is 4.65. The Labute approximate surface area is 141 Å². The zero-order valence-corrected chi connectivity index (χ0v) is 13.5. The van der Waals surface area contributed by atoms with Crippen LogP contribution in [-0.2, 0) is 4.79 Å². The van der Waals surface area contributed by atoms with Crippen molar-refractivity contribution in [2.75, 3.05) is 0 Å². The first kappa shape index (κ1) is 15.8. The second-order valence-electron chi connectivity index (χ2n) is 5.48. The number of allylic oxidation sites excluding steroid dienone is 3. The van der Waals surface area contributed by atoms with Crippen LogP contribution in [-0.4, -0.2) is 6.29 Å². The summed E-state index contributed by atoms with van der Waals surface area (Å²) in [6, 6.07) is 24.0. The lowest BCUT2D eigenvalue weighted by Gasteiger charge is -2.10. The van der Waals surface area contributed by atoms with Gasteiger partial charge in [0.25, 0.3) is 0 Å². The third-order valence-corrected chi connectivity index (χ3v) is 3.85. The van der Waals surface area contributed by atoms with Crippen LogP contribution >= 0.6 is 0 Å². The van der Waals surface area contributed by atoms with Gasteiger partial charge in [-0.2, -0.15) is 0 Å². The Kier molecular flexibility index (Phi) is 4.87. The largest absolute Gasteiger partial charge is 0.464 e. The van der Waals surface area contributed by atoms with Crippen molar-refractivity contribution in [2.45, 2.75) is 6.92 Å². The lowest BCUT2D eigenvalue weighted by atomic mass is 9.94. The van der Waals surface area contributed by atoms with E-state index in [-0.39, 0.29) is 0 Å². The second-order valence-corrected chi connectivity index (χ2v) is 5.48. The van der Waals surface area contributed by atoms with Gasteiger partial charge in [0.2, 0.25) is 0 Å². The fraction of sp³-hybridized carbons (Fsp3) is 0.0455. The van der Waals surface area contributed by atoms with Crippen molar-refractivity contribution < 1.29 is 9.21 Å². The van der Waals surface area contributed by atoms with Gasteiger partial charge in [-0.15, -0.1) is 0 Å². The van der Waals surface area contributed by atoms with Crippen LogP contribution in [0.1, 0.15) is 23.8 Å². The summed E-state index contributed by atoms with van der Waals surface area (Å²) in [6.07, 6.45) is 4.50. The number of aldehydes is 1. The normalized spacial score (nSPS) is 11.5. The molecule has 0 spiro atoms. The van der Waals surface area contributed by atoms with Gasteiger partial charge in [0.05, 0.1) is 6.26 Å². The Morgan fingerprint density at radius 2 is 1.42 bits per heavy atom. The van der Waals surface area contributed by atoms with Crippen molar-refractivity contribution in [2.24, 2.45) is 0 Å². The molecule has 0 N–H and O–H groups in total.